The molecular weight excluding hydrogens is 860 g/mol. The molecular formula is C52H51FN4O8S. The molecule has 1 saturated heterocycles. The summed E-state index contributed by atoms with van der Waals surface area (Å²) in [5, 5.41) is 39.8. The third kappa shape index (κ3) is 10.4. The van der Waals surface area contributed by atoms with Crippen LogP contribution < -0.4 is 20.9 Å². The van der Waals surface area contributed by atoms with E-state index >= 15 is 4.39 Å². The molecule has 1 amide bonds. The summed E-state index contributed by atoms with van der Waals surface area (Å²) in [5.74, 6) is -2.09. The lowest BCUT2D eigenvalue weighted by Gasteiger charge is -2.33. The minimum absolute atomic E-state index is 0.0377. The van der Waals surface area contributed by atoms with Gasteiger partial charge in [0.05, 0.1) is 31.9 Å². The first kappa shape index (κ1) is 45.9. The molecule has 8 rings (SSSR count). The van der Waals surface area contributed by atoms with Crippen molar-refractivity contribution in [2.45, 2.75) is 44.2 Å². The number of likely N-dealkylation sites (tertiary alicyclic amines) is 1. The van der Waals surface area contributed by atoms with E-state index in [1.54, 1.807) is 54.6 Å². The van der Waals surface area contributed by atoms with E-state index in [9.17, 15) is 29.7 Å². The Bertz CT molecular complexity index is 2870. The largest absolute Gasteiger partial charge is 0.506 e. The predicted molar refractivity (Wildman–Crippen MR) is 252 cm³/mol. The van der Waals surface area contributed by atoms with Crippen molar-refractivity contribution in [2.24, 2.45) is 5.92 Å². The number of phenolic OH excluding ortho intramolecular Hbond substituents is 1. The van der Waals surface area contributed by atoms with Crippen molar-refractivity contribution in [2.75, 3.05) is 33.4 Å². The van der Waals surface area contributed by atoms with Gasteiger partial charge in [-0.25, -0.2) is 9.18 Å². The number of fused-ring (bicyclic) bond motifs is 1. The average molecular weight is 911 g/mol. The van der Waals surface area contributed by atoms with E-state index < -0.39 is 29.4 Å². The number of aromatic amines is 1. The smallest absolute Gasteiger partial charge is 0.347 e. The number of carbonyl (C=O) groups excluding carboxylic acids is 2. The number of methoxy groups -OCH3 is 1. The molecule has 1 fully saturated rings. The van der Waals surface area contributed by atoms with Crippen LogP contribution in [0.15, 0.2) is 138 Å². The van der Waals surface area contributed by atoms with Crippen LogP contribution in [0, 0.1) is 11.7 Å². The normalized spacial score (nSPS) is 14.7. The van der Waals surface area contributed by atoms with Crippen LogP contribution in [0.25, 0.3) is 21.3 Å². The quantitative estimate of drug-likeness (QED) is 0.0501. The predicted octanol–water partition coefficient (Wildman–Crippen LogP) is 7.55. The van der Waals surface area contributed by atoms with E-state index in [0.717, 1.165) is 47.8 Å². The molecule has 2 atom stereocenters. The molecule has 0 aliphatic carbocycles. The van der Waals surface area contributed by atoms with Gasteiger partial charge in [0.15, 0.2) is 0 Å². The van der Waals surface area contributed by atoms with Crippen molar-refractivity contribution in [1.29, 1.82) is 0 Å². The molecule has 66 heavy (non-hydrogen) atoms. The van der Waals surface area contributed by atoms with Gasteiger partial charge in [-0.3, -0.25) is 14.5 Å². The minimum Gasteiger partial charge on any atom is -0.506 e. The third-order valence-corrected chi connectivity index (χ3v) is 13.2. The van der Waals surface area contributed by atoms with Gasteiger partial charge in [-0.05, 0) is 102 Å². The van der Waals surface area contributed by atoms with Crippen LogP contribution in [0.3, 0.4) is 0 Å². The number of esters is 1. The Balaban J connectivity index is 0.887. The summed E-state index contributed by atoms with van der Waals surface area (Å²) in [7, 11) is 1.35. The first-order valence-corrected chi connectivity index (χ1v) is 22.6. The molecule has 1 aliphatic heterocycles. The van der Waals surface area contributed by atoms with Gasteiger partial charge < -0.3 is 40.4 Å². The van der Waals surface area contributed by atoms with E-state index in [1.165, 1.54) is 48.3 Å². The van der Waals surface area contributed by atoms with Crippen molar-refractivity contribution < 1.29 is 38.8 Å². The number of halogens is 1. The number of piperidine rings is 1. The van der Waals surface area contributed by atoms with Crippen LogP contribution in [0.2, 0.25) is 0 Å². The minimum atomic E-state index is -2.07. The van der Waals surface area contributed by atoms with Crippen LogP contribution in [0.5, 0.6) is 11.5 Å². The number of pyridine rings is 1. The second-order valence-corrected chi connectivity index (χ2v) is 17.7. The molecule has 0 bridgehead atoms. The number of aliphatic hydroxyl groups excluding tert-OH is 1. The maximum Gasteiger partial charge on any atom is 0.347 e. The number of nitrogens with one attached hydrogen (secondary N) is 3. The van der Waals surface area contributed by atoms with Gasteiger partial charge in [-0.15, -0.1) is 11.3 Å². The van der Waals surface area contributed by atoms with E-state index in [1.807, 2.05) is 42.5 Å². The SMILES string of the molecule is COc1cc(CNC[C@H](O)c2ccc(O)c3[nH]c(=O)ccc23)cc(F)c1C(=O)NCc1ccc(-c2cccc([C@](O)(C(=O)OCC3CCN(Cc4ccccc4)CC3)c3ccccc3)c2)s1. The number of amides is 1. The Morgan fingerprint density at radius 1 is 0.879 bits per heavy atom. The van der Waals surface area contributed by atoms with Crippen molar-refractivity contribution in [1.82, 2.24) is 20.5 Å². The Morgan fingerprint density at radius 3 is 2.38 bits per heavy atom. The molecule has 2 aromatic heterocycles. The zero-order chi connectivity index (χ0) is 46.2. The Kier molecular flexibility index (Phi) is 14.4. The zero-order valence-electron chi connectivity index (χ0n) is 36.3. The van der Waals surface area contributed by atoms with Crippen molar-refractivity contribution in [3.8, 4) is 21.9 Å². The number of ether oxygens (including phenoxy) is 2. The van der Waals surface area contributed by atoms with Crippen LogP contribution in [-0.4, -0.2) is 70.4 Å². The first-order chi connectivity index (χ1) is 32.0. The monoisotopic (exact) mass is 910 g/mol. The molecule has 340 valence electrons. The van der Waals surface area contributed by atoms with Crippen molar-refractivity contribution in [3.05, 3.63) is 188 Å². The molecule has 12 nitrogen and oxygen atoms in total. The lowest BCUT2D eigenvalue weighted by atomic mass is 9.85. The van der Waals surface area contributed by atoms with Gasteiger partial charge in [0.1, 0.15) is 22.9 Å². The Morgan fingerprint density at radius 2 is 1.62 bits per heavy atom. The van der Waals surface area contributed by atoms with Gasteiger partial charge in [0, 0.05) is 46.4 Å². The summed E-state index contributed by atoms with van der Waals surface area (Å²) in [4.78, 5) is 45.8. The topological polar surface area (TPSA) is 173 Å². The highest BCUT2D eigenvalue weighted by Gasteiger charge is 2.42. The van der Waals surface area contributed by atoms with E-state index in [2.05, 4.69) is 32.7 Å². The first-order valence-electron chi connectivity index (χ1n) is 21.8. The number of nitrogens with zero attached hydrogens (tertiary/aromatic N) is 1. The highest BCUT2D eigenvalue weighted by molar-refractivity contribution is 7.15. The highest BCUT2D eigenvalue weighted by atomic mass is 32.1. The number of benzene rings is 5. The molecule has 5 aromatic carbocycles. The standard InChI is InChI=1S/C52H51FN4O8S/c1-64-45-26-35(28-54-30-44(59)40-16-18-43(58)49-41(40)17-20-47(60)56-49)25-42(53)48(45)50(61)55-29-39-15-19-46(66-39)36-11-8-14-38(27-36)52(63,37-12-6-3-7-13-37)51(62)65-32-34-21-23-57(24-22-34)31-33-9-4-2-5-10-33/h2-20,25-27,34,44,54,58-59,63H,21-24,28-32H2,1H3,(H,55,61)(H,56,60)/t44-,52-/m0/s1. The fourth-order valence-corrected chi connectivity index (χ4v) is 9.39. The van der Waals surface area contributed by atoms with Crippen molar-refractivity contribution >= 4 is 34.1 Å². The van der Waals surface area contributed by atoms with E-state index in [4.69, 9.17) is 9.47 Å². The average Bonchev–Trinajstić information content (AvgIpc) is 3.82. The number of phenols is 1. The number of hydrogen-bond donors (Lipinski definition) is 6. The molecule has 6 N–H and O–H groups in total. The van der Waals surface area contributed by atoms with Gasteiger partial charge in [0.2, 0.25) is 11.2 Å². The molecule has 0 unspecified atom stereocenters. The van der Waals surface area contributed by atoms with Gasteiger partial charge in [-0.1, -0.05) is 84.9 Å². The third-order valence-electron chi connectivity index (χ3n) is 12.0. The van der Waals surface area contributed by atoms with E-state index in [-0.39, 0.29) is 60.3 Å². The summed E-state index contributed by atoms with van der Waals surface area (Å²) in [6.07, 6.45) is 0.749. The summed E-state index contributed by atoms with van der Waals surface area (Å²) in [6.45, 7) is 3.18. The molecule has 1 aliphatic rings. The molecule has 3 heterocycles. The van der Waals surface area contributed by atoms with Crippen LogP contribution in [-0.2, 0) is 34.8 Å². The second kappa shape index (κ2) is 20.7. The number of aliphatic hydroxyl groups is 2. The van der Waals surface area contributed by atoms with Crippen LogP contribution in [0.1, 0.15) is 62.0 Å². The molecule has 7 aromatic rings. The molecule has 0 spiro atoms. The maximum atomic E-state index is 15.6. The number of rotatable bonds is 17. The number of thiophene rings is 1. The maximum absolute atomic E-state index is 15.6. The van der Waals surface area contributed by atoms with Crippen LogP contribution >= 0.6 is 11.3 Å². The molecule has 0 radical (unpaired) electrons. The second-order valence-electron chi connectivity index (χ2n) is 16.5. The van der Waals surface area contributed by atoms with Gasteiger partial charge in [-0.2, -0.15) is 0 Å². The Hall–Kier alpha value is -6.68. The molecule has 14 heteroatoms. The number of H-pyrrole nitrogens is 1. The van der Waals surface area contributed by atoms with E-state index in [0.29, 0.717) is 27.6 Å². The van der Waals surface area contributed by atoms with Gasteiger partial charge in [0.25, 0.3) is 5.91 Å². The number of carbonyl (C=O) groups is 2. The summed E-state index contributed by atoms with van der Waals surface area (Å²) >= 11 is 1.41. The highest BCUT2D eigenvalue weighted by Crippen LogP contribution is 2.37. The summed E-state index contributed by atoms with van der Waals surface area (Å²) < 4.78 is 27.0. The fourth-order valence-electron chi connectivity index (χ4n) is 8.44. The number of aromatic hydroxyl groups is 1. The van der Waals surface area contributed by atoms with Crippen LogP contribution in [0.4, 0.5) is 4.39 Å². The van der Waals surface area contributed by atoms with Crippen molar-refractivity contribution in [3.63, 3.8) is 0 Å². The summed E-state index contributed by atoms with van der Waals surface area (Å²) in [6, 6.07) is 38.6. The number of aromatic nitrogens is 1. The van der Waals surface area contributed by atoms with Gasteiger partial charge >= 0.3 is 5.97 Å². The summed E-state index contributed by atoms with van der Waals surface area (Å²) in [5.41, 5.74) is 1.24. The lowest BCUT2D eigenvalue weighted by Crippen LogP contribution is -2.40. The number of hydrogen-bond acceptors (Lipinski definition) is 11. The lowest BCUT2D eigenvalue weighted by molar-refractivity contribution is -0.164. The molecule has 0 saturated carbocycles. The fraction of sp³-hybridized carbons (Fsp3) is 0.250. The Labute approximate surface area is 385 Å². The zero-order valence-corrected chi connectivity index (χ0v) is 37.2.